The number of aryl methyl sites for hydroxylation is 1. The van der Waals surface area contributed by atoms with Crippen LogP contribution in [0.3, 0.4) is 0 Å². The van der Waals surface area contributed by atoms with E-state index < -0.39 is 0 Å². The van der Waals surface area contributed by atoms with Gasteiger partial charge < -0.3 is 15.0 Å². The lowest BCUT2D eigenvalue weighted by molar-refractivity contribution is -0.0293. The van der Waals surface area contributed by atoms with Crippen molar-refractivity contribution in [2.45, 2.75) is 57.4 Å². The van der Waals surface area contributed by atoms with Crippen LogP contribution >= 0.6 is 11.6 Å². The number of aromatic nitrogens is 1. The fourth-order valence-electron chi connectivity index (χ4n) is 6.52. The van der Waals surface area contributed by atoms with Crippen LogP contribution in [0.2, 0.25) is 5.02 Å². The minimum Gasteiger partial charge on any atom is -0.497 e. The quantitative estimate of drug-likeness (QED) is 0.231. The van der Waals surface area contributed by atoms with Gasteiger partial charge in [0.2, 0.25) is 0 Å². The predicted molar refractivity (Wildman–Crippen MR) is 161 cm³/mol. The Kier molecular flexibility index (Phi) is 7.94. The number of unbranched alkanes of at least 4 members (excludes halogenated alkanes) is 1. The summed E-state index contributed by atoms with van der Waals surface area (Å²) in [5.41, 5.74) is 12.2. The van der Waals surface area contributed by atoms with Crippen molar-refractivity contribution < 1.29 is 4.74 Å². The van der Waals surface area contributed by atoms with Crippen LogP contribution in [0.5, 0.6) is 5.75 Å². The third kappa shape index (κ3) is 5.59. The molecule has 204 valence electrons. The predicted octanol–water partition coefficient (Wildman–Crippen LogP) is 6.56. The Morgan fingerprint density at radius 3 is 2.33 bits per heavy atom. The summed E-state index contributed by atoms with van der Waals surface area (Å²) in [5.74, 6) is 0.884. The molecule has 0 spiro atoms. The first kappa shape index (κ1) is 26.4. The topological polar surface area (TPSA) is 46.7 Å². The van der Waals surface area contributed by atoms with Gasteiger partial charge in [-0.25, -0.2) is 0 Å². The van der Waals surface area contributed by atoms with Crippen molar-refractivity contribution in [3.63, 3.8) is 0 Å². The SMILES string of the molecule is COc1ccc(-c2cn(CCCCN)c3ccc(CN4CC5CCC4CN5Cc4ccccc4Cl)cc23)cc1. The highest BCUT2D eigenvalue weighted by Gasteiger charge is 2.38. The maximum atomic E-state index is 6.49. The molecule has 3 aromatic carbocycles. The van der Waals surface area contributed by atoms with Crippen molar-refractivity contribution in [1.82, 2.24) is 14.4 Å². The van der Waals surface area contributed by atoms with E-state index in [-0.39, 0.29) is 0 Å². The van der Waals surface area contributed by atoms with Gasteiger partial charge in [0.25, 0.3) is 0 Å². The summed E-state index contributed by atoms with van der Waals surface area (Å²) in [6, 6.07) is 25.0. The summed E-state index contributed by atoms with van der Waals surface area (Å²) in [6.07, 6.45) is 7.01. The van der Waals surface area contributed by atoms with Crippen LogP contribution in [0, 0.1) is 0 Å². The molecule has 2 bridgehead atoms. The van der Waals surface area contributed by atoms with E-state index in [4.69, 9.17) is 22.1 Å². The zero-order valence-corrected chi connectivity index (χ0v) is 23.6. The van der Waals surface area contributed by atoms with Crippen LogP contribution < -0.4 is 10.5 Å². The van der Waals surface area contributed by atoms with E-state index in [0.717, 1.165) is 62.9 Å². The Morgan fingerprint density at radius 1 is 0.897 bits per heavy atom. The Morgan fingerprint density at radius 2 is 1.64 bits per heavy atom. The second-order valence-corrected chi connectivity index (χ2v) is 11.6. The summed E-state index contributed by atoms with van der Waals surface area (Å²) in [6.45, 7) is 5.91. The number of nitrogens with two attached hydrogens (primary N) is 1. The molecule has 4 aromatic rings. The molecule has 7 rings (SSSR count). The number of fused-ring (bicyclic) bond motifs is 4. The van der Waals surface area contributed by atoms with E-state index in [1.807, 2.05) is 12.1 Å². The first-order chi connectivity index (χ1) is 19.1. The molecule has 0 amide bonds. The number of hydrogen-bond donors (Lipinski definition) is 1. The first-order valence-electron chi connectivity index (χ1n) is 14.3. The summed E-state index contributed by atoms with van der Waals surface area (Å²) < 4.78 is 7.81. The van der Waals surface area contributed by atoms with Crippen molar-refractivity contribution in [2.24, 2.45) is 5.73 Å². The molecule has 3 fully saturated rings. The Bertz CT molecular complexity index is 1420. The number of piperidine rings is 2. The molecule has 4 heterocycles. The number of methoxy groups -OCH3 is 1. The molecule has 0 saturated carbocycles. The van der Waals surface area contributed by atoms with Gasteiger partial charge in [0.15, 0.2) is 0 Å². The van der Waals surface area contributed by atoms with Crippen molar-refractivity contribution >= 4 is 22.5 Å². The standard InChI is InChI=1S/C33H39ClN4O/c1-39-29-13-9-25(10-14-29)31-23-36(17-5-4-16-35)33-15-8-24(18-30(31)33)19-37-21-28-12-11-27(37)22-38(28)20-26-6-2-3-7-32(26)34/h2-3,6-10,13-15,18,23,27-28H,4-5,11-12,16-17,19-22,35H2,1H3. The number of piperazine rings is 1. The van der Waals surface area contributed by atoms with Crippen molar-refractivity contribution in [3.8, 4) is 16.9 Å². The van der Waals surface area contributed by atoms with E-state index >= 15 is 0 Å². The summed E-state index contributed by atoms with van der Waals surface area (Å²) in [4.78, 5) is 5.36. The first-order valence-corrected chi connectivity index (χ1v) is 14.7. The lowest BCUT2D eigenvalue weighted by Crippen LogP contribution is -2.61. The van der Waals surface area contributed by atoms with Crippen LogP contribution in [0.1, 0.15) is 36.8 Å². The molecule has 2 atom stereocenters. The summed E-state index contributed by atoms with van der Waals surface area (Å²) in [7, 11) is 1.72. The molecular formula is C33H39ClN4O. The number of halogens is 1. The Labute approximate surface area is 237 Å². The third-order valence-electron chi connectivity index (χ3n) is 8.67. The Balaban J connectivity index is 1.23. The average Bonchev–Trinajstić information content (AvgIpc) is 3.33. The molecule has 1 aromatic heterocycles. The molecule has 0 radical (unpaired) electrons. The monoisotopic (exact) mass is 542 g/mol. The highest BCUT2D eigenvalue weighted by atomic mass is 35.5. The van der Waals surface area contributed by atoms with Gasteiger partial charge in [-0.3, -0.25) is 9.80 Å². The summed E-state index contributed by atoms with van der Waals surface area (Å²) in [5, 5.41) is 2.21. The van der Waals surface area contributed by atoms with E-state index in [1.165, 1.54) is 46.0 Å². The van der Waals surface area contributed by atoms with Crippen molar-refractivity contribution in [3.05, 3.63) is 89.1 Å². The van der Waals surface area contributed by atoms with Gasteiger partial charge in [-0.1, -0.05) is 48.0 Å². The lowest BCUT2D eigenvalue weighted by atomic mass is 9.89. The number of ether oxygens (including phenoxy) is 1. The van der Waals surface area contributed by atoms with Gasteiger partial charge in [-0.15, -0.1) is 0 Å². The molecule has 5 nitrogen and oxygen atoms in total. The molecule has 3 aliphatic rings. The van der Waals surface area contributed by atoms with E-state index in [9.17, 15) is 0 Å². The van der Waals surface area contributed by atoms with Crippen LogP contribution in [0.15, 0.2) is 72.9 Å². The number of nitrogens with zero attached hydrogens (tertiary/aromatic N) is 3. The van der Waals surface area contributed by atoms with Crippen LogP contribution in [0.4, 0.5) is 0 Å². The maximum absolute atomic E-state index is 6.49. The van der Waals surface area contributed by atoms with Gasteiger partial charge in [0.05, 0.1) is 7.11 Å². The molecule has 6 heteroatoms. The highest BCUT2D eigenvalue weighted by molar-refractivity contribution is 6.31. The number of benzene rings is 3. The molecule has 2 N–H and O–H groups in total. The van der Waals surface area contributed by atoms with E-state index in [2.05, 4.69) is 75.2 Å². The zero-order chi connectivity index (χ0) is 26.8. The highest BCUT2D eigenvalue weighted by Crippen LogP contribution is 2.35. The zero-order valence-electron chi connectivity index (χ0n) is 22.9. The molecule has 3 saturated heterocycles. The fraction of sp³-hybridized carbons (Fsp3) is 0.394. The van der Waals surface area contributed by atoms with Gasteiger partial charge >= 0.3 is 0 Å². The molecule has 39 heavy (non-hydrogen) atoms. The van der Waals surface area contributed by atoms with E-state index in [1.54, 1.807) is 7.11 Å². The van der Waals surface area contributed by atoms with Crippen LogP contribution in [-0.2, 0) is 19.6 Å². The minimum absolute atomic E-state index is 0.591. The normalized spacial score (nSPS) is 19.7. The largest absolute Gasteiger partial charge is 0.497 e. The second kappa shape index (κ2) is 11.7. The molecular weight excluding hydrogens is 504 g/mol. The third-order valence-corrected chi connectivity index (χ3v) is 9.04. The van der Waals surface area contributed by atoms with E-state index in [0.29, 0.717) is 12.1 Å². The lowest BCUT2D eigenvalue weighted by Gasteiger charge is -2.51. The maximum Gasteiger partial charge on any atom is 0.118 e. The van der Waals surface area contributed by atoms with Crippen molar-refractivity contribution in [1.29, 1.82) is 0 Å². The van der Waals surface area contributed by atoms with Crippen LogP contribution in [0.25, 0.3) is 22.0 Å². The van der Waals surface area contributed by atoms with Gasteiger partial charge in [0.1, 0.15) is 5.75 Å². The Hall–Kier alpha value is -2.83. The van der Waals surface area contributed by atoms with Crippen LogP contribution in [-0.4, -0.2) is 53.2 Å². The van der Waals surface area contributed by atoms with Gasteiger partial charge in [-0.05, 0) is 79.3 Å². The van der Waals surface area contributed by atoms with Gasteiger partial charge in [0, 0.05) is 72.5 Å². The average molecular weight is 543 g/mol. The molecule has 2 unspecified atom stereocenters. The fourth-order valence-corrected chi connectivity index (χ4v) is 6.72. The van der Waals surface area contributed by atoms with Crippen molar-refractivity contribution in [2.75, 3.05) is 26.7 Å². The number of rotatable bonds is 10. The molecule has 0 aliphatic carbocycles. The second-order valence-electron chi connectivity index (χ2n) is 11.1. The minimum atomic E-state index is 0.591. The van der Waals surface area contributed by atoms with Gasteiger partial charge in [-0.2, -0.15) is 0 Å². The summed E-state index contributed by atoms with van der Waals surface area (Å²) >= 11 is 6.49. The molecule has 3 aliphatic heterocycles. The smallest absolute Gasteiger partial charge is 0.118 e. The number of hydrogen-bond acceptors (Lipinski definition) is 4.